The van der Waals surface area contributed by atoms with E-state index in [0.717, 1.165) is 5.69 Å². The lowest BCUT2D eigenvalue weighted by Gasteiger charge is -2.50. The van der Waals surface area contributed by atoms with Crippen LogP contribution in [0.5, 0.6) is 5.75 Å². The highest BCUT2D eigenvalue weighted by Crippen LogP contribution is 2.46. The van der Waals surface area contributed by atoms with Gasteiger partial charge in [0.1, 0.15) is 5.75 Å². The molecule has 2 aromatic carbocycles. The first-order valence-corrected chi connectivity index (χ1v) is 7.61. The number of rotatable bonds is 2. The number of amides is 2. The first-order valence-electron chi connectivity index (χ1n) is 7.61. The molecule has 0 aliphatic carbocycles. The number of hydrogen-bond acceptors (Lipinski definition) is 4. The van der Waals surface area contributed by atoms with Crippen LogP contribution >= 0.6 is 0 Å². The SMILES string of the molecule is C[C@@]12C[C@H](NC(=O)N1c1ccccc1)c1cc([N+](=O)[O-])ccc1O2. The Balaban J connectivity index is 1.79. The van der Waals surface area contributed by atoms with Crippen molar-refractivity contribution in [1.29, 1.82) is 0 Å². The maximum atomic E-state index is 12.6. The summed E-state index contributed by atoms with van der Waals surface area (Å²) in [5.74, 6) is 0.556. The van der Waals surface area contributed by atoms with Crippen LogP contribution in [0.15, 0.2) is 48.5 Å². The molecule has 2 amide bonds. The van der Waals surface area contributed by atoms with Crippen molar-refractivity contribution in [3.8, 4) is 5.75 Å². The summed E-state index contributed by atoms with van der Waals surface area (Å²) in [6.07, 6.45) is 0.502. The number of para-hydroxylation sites is 1. The minimum Gasteiger partial charge on any atom is -0.467 e. The fourth-order valence-corrected chi connectivity index (χ4v) is 3.44. The molecular formula is C17H15N3O4. The molecule has 1 saturated heterocycles. The minimum absolute atomic E-state index is 0.0132. The zero-order chi connectivity index (χ0) is 16.9. The molecule has 1 N–H and O–H groups in total. The summed E-state index contributed by atoms with van der Waals surface area (Å²) < 4.78 is 6.10. The standard InChI is InChI=1S/C17H15N3O4/c1-17-10-14(13-9-12(20(22)23)7-8-15(13)24-17)18-16(21)19(17)11-5-3-2-4-6-11/h2-9,14H,10H2,1H3,(H,18,21)/t14-,17+/m0/s1. The van der Waals surface area contributed by atoms with Crippen molar-refractivity contribution in [1.82, 2.24) is 5.32 Å². The molecule has 2 heterocycles. The van der Waals surface area contributed by atoms with E-state index in [1.807, 2.05) is 37.3 Å². The number of nitro groups is 1. The number of ether oxygens (including phenoxy) is 1. The Bertz CT molecular complexity index is 839. The number of anilines is 1. The van der Waals surface area contributed by atoms with Crippen LogP contribution in [-0.2, 0) is 0 Å². The van der Waals surface area contributed by atoms with E-state index in [1.54, 1.807) is 11.0 Å². The molecule has 24 heavy (non-hydrogen) atoms. The number of hydrogen-bond donors (Lipinski definition) is 1. The van der Waals surface area contributed by atoms with Crippen LogP contribution < -0.4 is 15.0 Å². The molecule has 1 fully saturated rings. The van der Waals surface area contributed by atoms with E-state index in [-0.39, 0.29) is 17.8 Å². The number of fused-ring (bicyclic) bond motifs is 4. The molecule has 2 aromatic rings. The molecule has 2 aliphatic rings. The Kier molecular flexibility index (Phi) is 2.99. The maximum absolute atomic E-state index is 12.6. The van der Waals surface area contributed by atoms with Crippen LogP contribution in [0.4, 0.5) is 16.2 Å². The minimum atomic E-state index is -0.850. The molecule has 122 valence electrons. The zero-order valence-electron chi connectivity index (χ0n) is 12.9. The van der Waals surface area contributed by atoms with Gasteiger partial charge in [0.25, 0.3) is 5.69 Å². The van der Waals surface area contributed by atoms with Crippen molar-refractivity contribution in [2.24, 2.45) is 0 Å². The highest BCUT2D eigenvalue weighted by atomic mass is 16.6. The van der Waals surface area contributed by atoms with E-state index in [0.29, 0.717) is 17.7 Å². The quantitative estimate of drug-likeness (QED) is 0.677. The Morgan fingerprint density at radius 1 is 1.29 bits per heavy atom. The number of nitrogens with zero attached hydrogens (tertiary/aromatic N) is 2. The van der Waals surface area contributed by atoms with Crippen molar-refractivity contribution in [2.45, 2.75) is 25.1 Å². The number of carbonyl (C=O) groups is 1. The number of nitrogens with one attached hydrogen (secondary N) is 1. The smallest absolute Gasteiger partial charge is 0.325 e. The Labute approximate surface area is 138 Å². The van der Waals surface area contributed by atoms with Gasteiger partial charge in [0.15, 0.2) is 5.72 Å². The monoisotopic (exact) mass is 325 g/mol. The van der Waals surface area contributed by atoms with E-state index in [2.05, 4.69) is 5.32 Å². The van der Waals surface area contributed by atoms with E-state index < -0.39 is 10.6 Å². The average molecular weight is 325 g/mol. The number of nitro benzene ring substituents is 1. The molecule has 0 aromatic heterocycles. The third-order valence-electron chi connectivity index (χ3n) is 4.48. The highest BCUT2D eigenvalue weighted by Gasteiger charge is 2.50. The summed E-state index contributed by atoms with van der Waals surface area (Å²) in [6, 6.07) is 13.2. The van der Waals surface area contributed by atoms with Gasteiger partial charge in [0, 0.05) is 29.8 Å². The number of non-ortho nitro benzene ring substituents is 1. The normalized spacial score (nSPS) is 24.6. The van der Waals surface area contributed by atoms with Gasteiger partial charge >= 0.3 is 6.03 Å². The van der Waals surface area contributed by atoms with Crippen molar-refractivity contribution in [3.63, 3.8) is 0 Å². The molecule has 2 aliphatic heterocycles. The van der Waals surface area contributed by atoms with E-state index in [9.17, 15) is 14.9 Å². The summed E-state index contributed by atoms with van der Waals surface area (Å²) in [6.45, 7) is 1.86. The molecule has 0 unspecified atom stereocenters. The Hall–Kier alpha value is -3.09. The van der Waals surface area contributed by atoms with Gasteiger partial charge in [-0.15, -0.1) is 0 Å². The molecular weight excluding hydrogens is 310 g/mol. The Morgan fingerprint density at radius 3 is 2.75 bits per heavy atom. The average Bonchev–Trinajstić information content (AvgIpc) is 2.54. The van der Waals surface area contributed by atoms with Gasteiger partial charge < -0.3 is 10.1 Å². The molecule has 0 saturated carbocycles. The lowest BCUT2D eigenvalue weighted by molar-refractivity contribution is -0.385. The van der Waals surface area contributed by atoms with E-state index in [1.165, 1.54) is 12.1 Å². The molecule has 2 bridgehead atoms. The molecule has 0 spiro atoms. The van der Waals surface area contributed by atoms with Gasteiger partial charge in [-0.25, -0.2) is 4.79 Å². The molecule has 7 heteroatoms. The molecule has 0 radical (unpaired) electrons. The fraction of sp³-hybridized carbons (Fsp3) is 0.235. The largest absolute Gasteiger partial charge is 0.467 e. The number of urea groups is 1. The van der Waals surface area contributed by atoms with Crippen LogP contribution in [0.25, 0.3) is 0 Å². The third kappa shape index (κ3) is 2.09. The first kappa shape index (κ1) is 14.5. The third-order valence-corrected chi connectivity index (χ3v) is 4.48. The van der Waals surface area contributed by atoms with Gasteiger partial charge in [0.2, 0.25) is 0 Å². The summed E-state index contributed by atoms with van der Waals surface area (Å²) in [4.78, 5) is 24.8. The topological polar surface area (TPSA) is 84.7 Å². The van der Waals surface area contributed by atoms with Crippen molar-refractivity contribution in [2.75, 3.05) is 4.90 Å². The predicted octanol–water partition coefficient (Wildman–Crippen LogP) is 3.36. The molecule has 7 nitrogen and oxygen atoms in total. The summed E-state index contributed by atoms with van der Waals surface area (Å²) in [7, 11) is 0. The number of benzene rings is 2. The van der Waals surface area contributed by atoms with Crippen LogP contribution in [0, 0.1) is 10.1 Å². The second-order valence-corrected chi connectivity index (χ2v) is 6.13. The van der Waals surface area contributed by atoms with Crippen LogP contribution in [0.1, 0.15) is 24.9 Å². The van der Waals surface area contributed by atoms with Crippen molar-refractivity contribution < 1.29 is 14.5 Å². The van der Waals surface area contributed by atoms with E-state index in [4.69, 9.17) is 4.74 Å². The zero-order valence-corrected chi connectivity index (χ0v) is 12.9. The van der Waals surface area contributed by atoms with Crippen LogP contribution in [0.3, 0.4) is 0 Å². The summed E-state index contributed by atoms with van der Waals surface area (Å²) in [5, 5.41) is 13.9. The lowest BCUT2D eigenvalue weighted by Crippen LogP contribution is -2.65. The lowest BCUT2D eigenvalue weighted by atomic mass is 9.90. The van der Waals surface area contributed by atoms with Gasteiger partial charge in [-0.3, -0.25) is 15.0 Å². The second-order valence-electron chi connectivity index (χ2n) is 6.13. The van der Waals surface area contributed by atoms with Gasteiger partial charge in [-0.05, 0) is 25.1 Å². The second kappa shape index (κ2) is 4.95. The number of carbonyl (C=O) groups excluding carboxylic acids is 1. The van der Waals surface area contributed by atoms with Gasteiger partial charge in [-0.1, -0.05) is 18.2 Å². The van der Waals surface area contributed by atoms with Crippen LogP contribution in [0.2, 0.25) is 0 Å². The van der Waals surface area contributed by atoms with Gasteiger partial charge in [0.05, 0.1) is 11.0 Å². The molecule has 2 atom stereocenters. The van der Waals surface area contributed by atoms with Crippen molar-refractivity contribution in [3.05, 3.63) is 64.2 Å². The van der Waals surface area contributed by atoms with Crippen molar-refractivity contribution >= 4 is 17.4 Å². The summed E-state index contributed by atoms with van der Waals surface area (Å²) >= 11 is 0. The Morgan fingerprint density at radius 2 is 2.04 bits per heavy atom. The first-order chi connectivity index (χ1) is 11.5. The van der Waals surface area contributed by atoms with E-state index >= 15 is 0 Å². The van der Waals surface area contributed by atoms with Gasteiger partial charge in [-0.2, -0.15) is 0 Å². The fourth-order valence-electron chi connectivity index (χ4n) is 3.44. The molecule has 4 rings (SSSR count). The van der Waals surface area contributed by atoms with Crippen LogP contribution in [-0.4, -0.2) is 16.7 Å². The summed E-state index contributed by atoms with van der Waals surface area (Å²) in [5.41, 5.74) is 0.516. The highest BCUT2D eigenvalue weighted by molar-refractivity contribution is 5.94. The predicted molar refractivity (Wildman–Crippen MR) is 86.9 cm³/mol. The maximum Gasteiger partial charge on any atom is 0.325 e.